The van der Waals surface area contributed by atoms with Crippen LogP contribution >= 0.6 is 69.6 Å². The van der Waals surface area contributed by atoms with E-state index in [1.54, 1.807) is 0 Å². The molecular weight excluding hydrogens is 837 g/mol. The lowest BCUT2D eigenvalue weighted by atomic mass is 9.95. The highest BCUT2D eigenvalue weighted by atomic mass is 35.5. The lowest BCUT2D eigenvalue weighted by molar-refractivity contribution is 1.59. The van der Waals surface area contributed by atoms with Gasteiger partial charge in [-0.2, -0.15) is 0 Å². The van der Waals surface area contributed by atoms with Gasteiger partial charge in [-0.3, -0.25) is 0 Å². The Morgan fingerprint density at radius 3 is 0.690 bits per heavy atom. The van der Waals surface area contributed by atoms with Crippen molar-refractivity contribution in [3.63, 3.8) is 0 Å². The number of hydrogen-bond acceptors (Lipinski definition) is 0. The summed E-state index contributed by atoms with van der Waals surface area (Å²) in [6, 6.07) is 47.2. The molecule has 0 heterocycles. The maximum atomic E-state index is 6.08. The summed E-state index contributed by atoms with van der Waals surface area (Å²) >= 11 is 36.2. The molecule has 0 saturated carbocycles. The van der Waals surface area contributed by atoms with Crippen LogP contribution < -0.4 is 0 Å². The van der Waals surface area contributed by atoms with Gasteiger partial charge in [-0.15, -0.1) is 0 Å². The van der Waals surface area contributed by atoms with Crippen molar-refractivity contribution in [2.75, 3.05) is 0 Å². The summed E-state index contributed by atoms with van der Waals surface area (Å²) in [7, 11) is 0. The summed E-state index contributed by atoms with van der Waals surface area (Å²) in [6.45, 7) is 0. The Morgan fingerprint density at radius 1 is 0.259 bits per heavy atom. The van der Waals surface area contributed by atoms with Gasteiger partial charge in [0.1, 0.15) is 0 Å². The van der Waals surface area contributed by atoms with E-state index in [0.717, 1.165) is 97.0 Å². The third kappa shape index (κ3) is 11.1. The molecule has 0 radical (unpaired) electrons. The fourth-order valence-corrected chi connectivity index (χ4v) is 7.17. The molecule has 0 amide bonds. The van der Waals surface area contributed by atoms with E-state index >= 15 is 0 Å². The summed E-state index contributed by atoms with van der Waals surface area (Å²) in [5.41, 5.74) is 13.6. The smallest absolute Gasteiger partial charge is 0.0406 e. The van der Waals surface area contributed by atoms with Gasteiger partial charge in [0.2, 0.25) is 0 Å². The summed E-state index contributed by atoms with van der Waals surface area (Å²) in [6.07, 6.45) is 21.2. The first-order valence-corrected chi connectivity index (χ1v) is 20.6. The molecular formula is C52H34Cl6. The molecule has 2 aliphatic carbocycles. The van der Waals surface area contributed by atoms with Gasteiger partial charge in [-0.1, -0.05) is 179 Å². The van der Waals surface area contributed by atoms with E-state index < -0.39 is 0 Å². The van der Waals surface area contributed by atoms with Gasteiger partial charge in [0.15, 0.2) is 0 Å². The second kappa shape index (κ2) is 19.6. The van der Waals surface area contributed by atoms with Crippen LogP contribution in [0.3, 0.4) is 0 Å². The monoisotopic (exact) mass is 868 g/mol. The Kier molecular flexibility index (Phi) is 13.9. The van der Waals surface area contributed by atoms with Crippen molar-refractivity contribution in [2.24, 2.45) is 0 Å². The first kappa shape index (κ1) is 41.2. The van der Waals surface area contributed by atoms with Crippen LogP contribution in [0, 0.1) is 0 Å². The highest BCUT2D eigenvalue weighted by molar-refractivity contribution is 6.32. The van der Waals surface area contributed by atoms with E-state index in [2.05, 4.69) is 60.8 Å². The Bertz CT molecular complexity index is 2320. The zero-order valence-electron chi connectivity index (χ0n) is 30.9. The van der Waals surface area contributed by atoms with Crippen molar-refractivity contribution in [2.45, 2.75) is 0 Å². The third-order valence-corrected chi connectivity index (χ3v) is 10.9. The van der Waals surface area contributed by atoms with Crippen molar-refractivity contribution >= 4 is 104 Å². The second-order valence-electron chi connectivity index (χ2n) is 13.4. The van der Waals surface area contributed by atoms with E-state index in [9.17, 15) is 0 Å². The van der Waals surface area contributed by atoms with Crippen molar-refractivity contribution < 1.29 is 0 Å². The molecule has 0 bridgehead atoms. The Balaban J connectivity index is 0.000000177. The van der Waals surface area contributed by atoms with Crippen molar-refractivity contribution in [3.05, 3.63) is 269 Å². The van der Waals surface area contributed by atoms with Gasteiger partial charge >= 0.3 is 0 Å². The average molecular weight is 872 g/mol. The predicted molar refractivity (Wildman–Crippen MR) is 255 cm³/mol. The number of halogens is 6. The maximum Gasteiger partial charge on any atom is 0.0406 e. The van der Waals surface area contributed by atoms with Crippen LogP contribution in [0.25, 0.3) is 34.4 Å². The standard InChI is InChI=1S/2C26H17Cl3/c2*27-22-10-4-18(5-11-22)2-1-3-19-16-25(20-6-12-23(28)13-7-20)26(17-19)21-8-14-24(29)15-9-21/h2*1-17H/b2*2-1+. The van der Waals surface area contributed by atoms with Crippen LogP contribution in [-0.2, 0) is 0 Å². The quantitative estimate of drug-likeness (QED) is 0.143. The van der Waals surface area contributed by atoms with Crippen LogP contribution in [0.1, 0.15) is 33.4 Å². The van der Waals surface area contributed by atoms with Gasteiger partial charge in [0, 0.05) is 30.1 Å². The van der Waals surface area contributed by atoms with Crippen LogP contribution in [0.4, 0.5) is 0 Å². The Morgan fingerprint density at radius 2 is 0.466 bits per heavy atom. The lowest BCUT2D eigenvalue weighted by Crippen LogP contribution is -1.87. The van der Waals surface area contributed by atoms with Gasteiger partial charge in [-0.05, 0) is 164 Å². The van der Waals surface area contributed by atoms with E-state index in [0.29, 0.717) is 0 Å². The average Bonchev–Trinajstić information content (AvgIpc) is 3.86. The molecule has 0 unspecified atom stereocenters. The first-order chi connectivity index (χ1) is 28.2. The number of rotatable bonds is 8. The van der Waals surface area contributed by atoms with Crippen LogP contribution in [-0.4, -0.2) is 0 Å². The van der Waals surface area contributed by atoms with Gasteiger partial charge in [0.05, 0.1) is 0 Å². The molecule has 58 heavy (non-hydrogen) atoms. The Labute approximate surface area is 370 Å². The van der Waals surface area contributed by atoms with Crippen molar-refractivity contribution in [1.29, 1.82) is 0 Å². The van der Waals surface area contributed by atoms with Crippen LogP contribution in [0.2, 0.25) is 30.1 Å². The maximum absolute atomic E-state index is 6.08. The third-order valence-electron chi connectivity index (χ3n) is 9.34. The first-order valence-electron chi connectivity index (χ1n) is 18.4. The topological polar surface area (TPSA) is 0 Å². The van der Waals surface area contributed by atoms with Crippen molar-refractivity contribution in [1.82, 2.24) is 0 Å². The Hall–Kier alpha value is -5.02. The number of allylic oxidation sites excluding steroid dienone is 14. The van der Waals surface area contributed by atoms with E-state index in [1.807, 2.05) is 146 Å². The zero-order chi connectivity index (χ0) is 40.4. The molecule has 6 aromatic carbocycles. The molecule has 0 fully saturated rings. The van der Waals surface area contributed by atoms with E-state index in [1.165, 1.54) is 0 Å². The molecule has 0 saturated heterocycles. The van der Waals surface area contributed by atoms with Gasteiger partial charge in [0.25, 0.3) is 0 Å². The normalized spacial score (nSPS) is 13.6. The van der Waals surface area contributed by atoms with Crippen LogP contribution in [0.15, 0.2) is 205 Å². The highest BCUT2D eigenvalue weighted by Crippen LogP contribution is 2.40. The summed E-state index contributed by atoms with van der Waals surface area (Å²) in [5, 5.41) is 4.39. The highest BCUT2D eigenvalue weighted by Gasteiger charge is 2.18. The molecule has 0 N–H and O–H groups in total. The molecule has 6 heteroatoms. The lowest BCUT2D eigenvalue weighted by Gasteiger charge is -2.09. The summed E-state index contributed by atoms with van der Waals surface area (Å²) < 4.78 is 0. The molecule has 0 nitrogen and oxygen atoms in total. The minimum Gasteiger partial charge on any atom is -0.0843 e. The van der Waals surface area contributed by atoms with E-state index in [-0.39, 0.29) is 0 Å². The largest absolute Gasteiger partial charge is 0.0843 e. The second-order valence-corrected chi connectivity index (χ2v) is 16.0. The zero-order valence-corrected chi connectivity index (χ0v) is 35.4. The molecule has 0 atom stereocenters. The SMILES string of the molecule is Clc1ccc(/C=C/C=C2C=C(c3ccc(Cl)cc3)C(c3ccc(Cl)cc3)=C2)cc1.Clc1ccc(/C=C/C=C2C=C(c3ccc(Cl)cc3)C(c3ccc(Cl)cc3)=C2)cc1. The molecule has 0 aliphatic heterocycles. The minimum absolute atomic E-state index is 0.728. The summed E-state index contributed by atoms with van der Waals surface area (Å²) in [5.74, 6) is 0. The molecule has 284 valence electrons. The molecule has 2 aliphatic rings. The fourth-order valence-electron chi connectivity index (χ4n) is 6.42. The number of benzene rings is 6. The summed E-state index contributed by atoms with van der Waals surface area (Å²) in [4.78, 5) is 0. The van der Waals surface area contributed by atoms with Gasteiger partial charge in [-0.25, -0.2) is 0 Å². The molecule has 6 aromatic rings. The van der Waals surface area contributed by atoms with Crippen molar-refractivity contribution in [3.8, 4) is 0 Å². The fraction of sp³-hybridized carbons (Fsp3) is 0. The minimum atomic E-state index is 0.728. The molecule has 8 rings (SSSR count). The number of hydrogen-bond donors (Lipinski definition) is 0. The molecule has 0 aromatic heterocycles. The molecule has 0 spiro atoms. The van der Waals surface area contributed by atoms with Gasteiger partial charge < -0.3 is 0 Å². The van der Waals surface area contributed by atoms with E-state index in [4.69, 9.17) is 69.6 Å². The predicted octanol–water partition coefficient (Wildman–Crippen LogP) is 17.5. The van der Waals surface area contributed by atoms with Crippen LogP contribution in [0.5, 0.6) is 0 Å².